The Kier molecular flexibility index (Phi) is 5.63. The van der Waals surface area contributed by atoms with Gasteiger partial charge in [0.05, 0.1) is 0 Å². The SMILES string of the molecule is CC(C)(C)OC(=O)N(C(=O)OC(C)(C)C)c1ccc([AsH2])cn1. The molecule has 1 aromatic rings. The van der Waals surface area contributed by atoms with E-state index >= 15 is 0 Å². The Balaban J connectivity index is 3.12. The van der Waals surface area contributed by atoms with Crippen LogP contribution in [0.3, 0.4) is 0 Å². The number of anilines is 1. The zero-order valence-electron chi connectivity index (χ0n) is 13.8. The van der Waals surface area contributed by atoms with Crippen LogP contribution < -0.4 is 9.25 Å². The summed E-state index contributed by atoms with van der Waals surface area (Å²) in [5.41, 5.74) is -1.46. The van der Waals surface area contributed by atoms with Gasteiger partial charge in [-0.15, -0.1) is 0 Å². The fourth-order valence-corrected chi connectivity index (χ4v) is 1.76. The number of amides is 2. The minimum atomic E-state index is -0.816. The van der Waals surface area contributed by atoms with Crippen molar-refractivity contribution in [3.05, 3.63) is 18.3 Å². The second-order valence-corrected chi connectivity index (χ2v) is 8.14. The Morgan fingerprint density at radius 3 is 1.77 bits per heavy atom. The van der Waals surface area contributed by atoms with E-state index < -0.39 is 23.4 Å². The van der Waals surface area contributed by atoms with Crippen molar-refractivity contribution in [1.82, 2.24) is 4.98 Å². The number of aromatic nitrogens is 1. The van der Waals surface area contributed by atoms with Crippen LogP contribution in [0.1, 0.15) is 41.5 Å². The van der Waals surface area contributed by atoms with E-state index in [4.69, 9.17) is 9.47 Å². The number of carbonyl (C=O) groups excluding carboxylic acids is 2. The van der Waals surface area contributed by atoms with Gasteiger partial charge in [-0.25, -0.2) is 0 Å². The zero-order chi connectivity index (χ0) is 17.1. The van der Waals surface area contributed by atoms with Crippen LogP contribution in [0.15, 0.2) is 18.3 Å². The summed E-state index contributed by atoms with van der Waals surface area (Å²) in [6, 6.07) is 3.37. The number of carbonyl (C=O) groups is 2. The first-order chi connectivity index (χ1) is 9.89. The summed E-state index contributed by atoms with van der Waals surface area (Å²) in [4.78, 5) is 29.6. The molecule has 6 nitrogen and oxygen atoms in total. The number of hydrogen-bond donors (Lipinski definition) is 0. The summed E-state index contributed by atoms with van der Waals surface area (Å²) >= 11 is 1.40. The first-order valence-electron chi connectivity index (χ1n) is 6.87. The van der Waals surface area contributed by atoms with E-state index in [0.29, 0.717) is 0 Å². The van der Waals surface area contributed by atoms with Gasteiger partial charge in [-0.05, 0) is 0 Å². The molecule has 0 saturated heterocycles. The second kappa shape index (κ2) is 6.69. The summed E-state index contributed by atoms with van der Waals surface area (Å²) < 4.78 is 11.5. The number of nitrogens with zero attached hydrogens (tertiary/aromatic N) is 2. The van der Waals surface area contributed by atoms with Crippen molar-refractivity contribution in [2.45, 2.75) is 52.7 Å². The Bertz CT molecular complexity index is 516. The van der Waals surface area contributed by atoms with E-state index in [1.54, 1.807) is 59.9 Å². The third-order valence-electron chi connectivity index (χ3n) is 2.15. The molecule has 1 unspecified atom stereocenters. The van der Waals surface area contributed by atoms with Gasteiger partial charge in [0.15, 0.2) is 0 Å². The van der Waals surface area contributed by atoms with Crippen molar-refractivity contribution in [1.29, 1.82) is 0 Å². The minimum absolute atomic E-state index is 0.171. The van der Waals surface area contributed by atoms with Gasteiger partial charge in [0.2, 0.25) is 0 Å². The Hall–Kier alpha value is -1.55. The molecule has 22 heavy (non-hydrogen) atoms. The average molecular weight is 370 g/mol. The molecule has 0 bridgehead atoms. The van der Waals surface area contributed by atoms with Gasteiger partial charge < -0.3 is 0 Å². The van der Waals surface area contributed by atoms with Crippen molar-refractivity contribution in [2.24, 2.45) is 0 Å². The third-order valence-corrected chi connectivity index (χ3v) is 2.87. The van der Waals surface area contributed by atoms with Crippen molar-refractivity contribution in [3.63, 3.8) is 0 Å². The predicted octanol–water partition coefficient (Wildman–Crippen LogP) is 2.02. The summed E-state index contributed by atoms with van der Waals surface area (Å²) in [6.07, 6.45) is -0.0379. The summed E-state index contributed by atoms with van der Waals surface area (Å²) in [7, 11) is 0. The zero-order valence-corrected chi connectivity index (χ0v) is 16.3. The van der Waals surface area contributed by atoms with Crippen molar-refractivity contribution in [3.8, 4) is 0 Å². The van der Waals surface area contributed by atoms with E-state index in [2.05, 4.69) is 4.98 Å². The maximum absolute atomic E-state index is 12.3. The Morgan fingerprint density at radius 2 is 1.45 bits per heavy atom. The first kappa shape index (κ1) is 18.5. The van der Waals surface area contributed by atoms with Crippen LogP contribution in [0.5, 0.6) is 0 Å². The van der Waals surface area contributed by atoms with E-state index in [0.717, 1.165) is 9.25 Å². The average Bonchev–Trinajstić information content (AvgIpc) is 2.27. The topological polar surface area (TPSA) is 68.7 Å². The summed E-state index contributed by atoms with van der Waals surface area (Å²) in [6.45, 7) is 10.4. The van der Waals surface area contributed by atoms with Crippen LogP contribution in [-0.2, 0) is 9.47 Å². The Morgan fingerprint density at radius 1 is 1.00 bits per heavy atom. The number of pyridine rings is 1. The van der Waals surface area contributed by atoms with Crippen LogP contribution >= 0.6 is 0 Å². The van der Waals surface area contributed by atoms with Crippen molar-refractivity contribution in [2.75, 3.05) is 4.90 Å². The van der Waals surface area contributed by atoms with Crippen LogP contribution in [0.25, 0.3) is 0 Å². The van der Waals surface area contributed by atoms with Gasteiger partial charge in [0, 0.05) is 0 Å². The van der Waals surface area contributed by atoms with Gasteiger partial charge in [0.1, 0.15) is 0 Å². The van der Waals surface area contributed by atoms with Gasteiger partial charge in [0.25, 0.3) is 0 Å². The molecule has 7 heteroatoms. The molecule has 0 aliphatic heterocycles. The van der Waals surface area contributed by atoms with Crippen LogP contribution in [0.4, 0.5) is 15.4 Å². The van der Waals surface area contributed by atoms with E-state index in [9.17, 15) is 9.59 Å². The molecule has 0 aliphatic carbocycles. The second-order valence-electron chi connectivity index (χ2n) is 6.75. The molecular formula is C15H23AsN2O4. The summed E-state index contributed by atoms with van der Waals surface area (Å²) in [5.74, 6) is 0.171. The number of hydrogen-bond acceptors (Lipinski definition) is 5. The van der Waals surface area contributed by atoms with Gasteiger partial charge >= 0.3 is 139 Å². The van der Waals surface area contributed by atoms with Crippen LogP contribution in [0.2, 0.25) is 0 Å². The molecule has 1 heterocycles. The number of rotatable bonds is 1. The molecule has 0 aliphatic rings. The predicted molar refractivity (Wildman–Crippen MR) is 87.4 cm³/mol. The van der Waals surface area contributed by atoms with Crippen molar-refractivity contribution >= 4 is 39.2 Å². The quantitative estimate of drug-likeness (QED) is 0.708. The van der Waals surface area contributed by atoms with Crippen LogP contribution in [-0.4, -0.2) is 45.2 Å². The van der Waals surface area contributed by atoms with Gasteiger partial charge in [-0.1, -0.05) is 0 Å². The molecule has 1 rings (SSSR count). The van der Waals surface area contributed by atoms with E-state index in [1.807, 2.05) is 0 Å². The fourth-order valence-electron chi connectivity index (χ4n) is 1.41. The molecule has 0 saturated carbocycles. The molecule has 0 aromatic carbocycles. The fraction of sp³-hybridized carbons (Fsp3) is 0.533. The maximum atomic E-state index is 12.3. The van der Waals surface area contributed by atoms with Gasteiger partial charge in [-0.2, -0.15) is 0 Å². The molecule has 2 amide bonds. The van der Waals surface area contributed by atoms with Crippen molar-refractivity contribution < 1.29 is 19.1 Å². The molecular weight excluding hydrogens is 347 g/mol. The number of imide groups is 1. The summed E-state index contributed by atoms with van der Waals surface area (Å²) in [5, 5.41) is 0. The first-order valence-corrected chi connectivity index (χ1v) is 8.08. The molecule has 0 spiro atoms. The van der Waals surface area contributed by atoms with E-state index in [-0.39, 0.29) is 5.82 Å². The molecule has 0 fully saturated rings. The van der Waals surface area contributed by atoms with E-state index in [1.165, 1.54) is 16.9 Å². The number of ether oxygens (including phenoxy) is 2. The molecule has 0 N–H and O–H groups in total. The van der Waals surface area contributed by atoms with Gasteiger partial charge in [-0.3, -0.25) is 0 Å². The molecule has 1 aromatic heterocycles. The molecule has 122 valence electrons. The third kappa shape index (κ3) is 6.06. The van der Waals surface area contributed by atoms with Crippen LogP contribution in [0, 0.1) is 0 Å². The normalized spacial score (nSPS) is 11.8. The Labute approximate surface area is 139 Å². The standard InChI is InChI=1S/C15H23AsN2O4/c1-14(2,3)21-12(19)18(13(20)22-15(4,5)6)11-8-7-10(16)9-17-11/h7-9H,16H2,1-6H3. The monoisotopic (exact) mass is 370 g/mol. The molecule has 0 radical (unpaired) electrons. The molecule has 1 atom stereocenters.